The lowest BCUT2D eigenvalue weighted by atomic mass is 9.91. The predicted octanol–water partition coefficient (Wildman–Crippen LogP) is 11.8. The van der Waals surface area contributed by atoms with Gasteiger partial charge in [-0.25, -0.2) is 0 Å². The van der Waals surface area contributed by atoms with E-state index in [2.05, 4.69) is 79.5 Å². The standard InChI is InChI=1S/C22H40.C7H16.C2H4/c1-4-7-9-10-11-12-13-14-15-16-17-18-21-22(19-6-3)20-8-5-2;1-5-6-7(2,3)4;1-2/h6,8,19-20H,3-5,7,9-18,21H2,1-2H3;5-6H2,1-4H3;1-2H2/b20-8-,22-19+;;. The van der Waals surface area contributed by atoms with Crippen LogP contribution in [0.4, 0.5) is 0 Å². The van der Waals surface area contributed by atoms with Crippen molar-refractivity contribution >= 4 is 0 Å². The molecule has 0 aromatic heterocycles. The van der Waals surface area contributed by atoms with E-state index in [9.17, 15) is 0 Å². The maximum atomic E-state index is 3.81. The van der Waals surface area contributed by atoms with Crippen LogP contribution in [0.3, 0.4) is 0 Å². The first-order valence-corrected chi connectivity index (χ1v) is 13.4. The van der Waals surface area contributed by atoms with Crippen LogP contribution in [0.1, 0.15) is 144 Å². The van der Waals surface area contributed by atoms with E-state index < -0.39 is 0 Å². The van der Waals surface area contributed by atoms with Crippen molar-refractivity contribution in [3.05, 3.63) is 49.6 Å². The Bertz CT molecular complexity index is 391. The van der Waals surface area contributed by atoms with Crippen molar-refractivity contribution in [2.45, 2.75) is 144 Å². The molecular weight excluding hydrogens is 372 g/mol. The normalized spacial score (nSPS) is 11.5. The highest BCUT2D eigenvalue weighted by Gasteiger charge is 2.06. The minimum Gasteiger partial charge on any atom is -0.106 e. The van der Waals surface area contributed by atoms with Gasteiger partial charge in [-0.3, -0.25) is 0 Å². The maximum Gasteiger partial charge on any atom is -0.0279 e. The Balaban J connectivity index is -0.000000733. The Labute approximate surface area is 199 Å². The fraction of sp³-hybridized carbons (Fsp3) is 0.742. The van der Waals surface area contributed by atoms with Crippen LogP contribution in [-0.2, 0) is 0 Å². The van der Waals surface area contributed by atoms with E-state index >= 15 is 0 Å². The molecule has 0 saturated carbocycles. The molecule has 184 valence electrons. The van der Waals surface area contributed by atoms with Crippen molar-refractivity contribution in [2.75, 3.05) is 0 Å². The average Bonchev–Trinajstić information content (AvgIpc) is 2.73. The van der Waals surface area contributed by atoms with E-state index in [1.54, 1.807) is 0 Å². The number of unbranched alkanes of at least 4 members (excludes halogenated alkanes) is 11. The molecular formula is C31H60. The summed E-state index contributed by atoms with van der Waals surface area (Å²) >= 11 is 0. The second-order valence-corrected chi connectivity index (χ2v) is 9.74. The highest BCUT2D eigenvalue weighted by Crippen LogP contribution is 2.19. The van der Waals surface area contributed by atoms with E-state index in [-0.39, 0.29) is 0 Å². The third-order valence-corrected chi connectivity index (χ3v) is 5.22. The highest BCUT2D eigenvalue weighted by atomic mass is 14.1. The molecule has 0 fully saturated rings. The molecule has 0 amide bonds. The summed E-state index contributed by atoms with van der Waals surface area (Å²) in [5, 5.41) is 0. The smallest absolute Gasteiger partial charge is 0.0279 e. The molecule has 0 spiro atoms. The number of rotatable bonds is 17. The minimum absolute atomic E-state index is 0.550. The van der Waals surface area contributed by atoms with Crippen LogP contribution in [0.5, 0.6) is 0 Å². The van der Waals surface area contributed by atoms with Gasteiger partial charge in [0, 0.05) is 0 Å². The lowest BCUT2D eigenvalue weighted by Crippen LogP contribution is -2.02. The van der Waals surface area contributed by atoms with Gasteiger partial charge in [-0.2, -0.15) is 0 Å². The van der Waals surface area contributed by atoms with Crippen LogP contribution < -0.4 is 0 Å². The Hall–Kier alpha value is -1.04. The fourth-order valence-electron chi connectivity index (χ4n) is 3.56. The zero-order valence-corrected chi connectivity index (χ0v) is 22.7. The number of allylic oxidation sites excluding steroid dienone is 5. The summed E-state index contributed by atoms with van der Waals surface area (Å²) in [6.07, 6.45) is 30.6. The van der Waals surface area contributed by atoms with Gasteiger partial charge in [0.15, 0.2) is 0 Å². The summed E-state index contributed by atoms with van der Waals surface area (Å²) in [6, 6.07) is 0. The lowest BCUT2D eigenvalue weighted by molar-refractivity contribution is 0.373. The van der Waals surface area contributed by atoms with Crippen LogP contribution in [0.25, 0.3) is 0 Å². The topological polar surface area (TPSA) is 0 Å². The monoisotopic (exact) mass is 432 g/mol. The van der Waals surface area contributed by atoms with Gasteiger partial charge in [0.05, 0.1) is 0 Å². The molecule has 0 nitrogen and oxygen atoms in total. The van der Waals surface area contributed by atoms with Crippen molar-refractivity contribution in [3.63, 3.8) is 0 Å². The molecule has 0 aromatic rings. The van der Waals surface area contributed by atoms with E-state index in [0.29, 0.717) is 5.41 Å². The maximum absolute atomic E-state index is 3.81. The molecule has 0 N–H and O–H groups in total. The first kappa shape index (κ1) is 34.6. The van der Waals surface area contributed by atoms with Gasteiger partial charge in [0.1, 0.15) is 0 Å². The molecule has 0 aliphatic carbocycles. The molecule has 0 aliphatic heterocycles. The molecule has 0 aromatic carbocycles. The molecule has 0 rings (SSSR count). The van der Waals surface area contributed by atoms with Gasteiger partial charge in [-0.15, -0.1) is 13.2 Å². The zero-order chi connectivity index (χ0) is 24.2. The van der Waals surface area contributed by atoms with E-state index in [0.717, 1.165) is 6.42 Å². The fourth-order valence-corrected chi connectivity index (χ4v) is 3.56. The summed E-state index contributed by atoms with van der Waals surface area (Å²) in [5.41, 5.74) is 1.98. The first-order valence-electron chi connectivity index (χ1n) is 13.4. The van der Waals surface area contributed by atoms with Crippen LogP contribution in [0.2, 0.25) is 0 Å². The molecule has 0 heterocycles. The number of hydrogen-bond donors (Lipinski definition) is 0. The molecule has 0 aliphatic rings. The Morgan fingerprint density at radius 1 is 0.677 bits per heavy atom. The third-order valence-electron chi connectivity index (χ3n) is 5.22. The van der Waals surface area contributed by atoms with Crippen LogP contribution in [-0.4, -0.2) is 0 Å². The van der Waals surface area contributed by atoms with Crippen molar-refractivity contribution in [3.8, 4) is 0 Å². The second-order valence-electron chi connectivity index (χ2n) is 9.74. The van der Waals surface area contributed by atoms with Crippen LogP contribution in [0, 0.1) is 5.41 Å². The molecule has 0 radical (unpaired) electrons. The number of hydrogen-bond acceptors (Lipinski definition) is 0. The average molecular weight is 433 g/mol. The van der Waals surface area contributed by atoms with Crippen molar-refractivity contribution < 1.29 is 0 Å². The zero-order valence-electron chi connectivity index (χ0n) is 22.7. The van der Waals surface area contributed by atoms with Crippen molar-refractivity contribution in [1.82, 2.24) is 0 Å². The van der Waals surface area contributed by atoms with Crippen molar-refractivity contribution in [2.24, 2.45) is 5.41 Å². The minimum atomic E-state index is 0.550. The lowest BCUT2D eigenvalue weighted by Gasteiger charge is -2.15. The first-order chi connectivity index (χ1) is 14.9. The largest absolute Gasteiger partial charge is 0.106 e. The van der Waals surface area contributed by atoms with Gasteiger partial charge in [-0.1, -0.05) is 149 Å². The van der Waals surface area contributed by atoms with E-state index in [1.807, 2.05) is 6.08 Å². The van der Waals surface area contributed by atoms with Gasteiger partial charge >= 0.3 is 0 Å². The van der Waals surface area contributed by atoms with E-state index in [1.165, 1.54) is 102 Å². The predicted molar refractivity (Wildman–Crippen MR) is 149 cm³/mol. The van der Waals surface area contributed by atoms with Gasteiger partial charge < -0.3 is 0 Å². The summed E-state index contributed by atoms with van der Waals surface area (Å²) in [7, 11) is 0. The van der Waals surface area contributed by atoms with Gasteiger partial charge in [0.2, 0.25) is 0 Å². The highest BCUT2D eigenvalue weighted by molar-refractivity contribution is 5.22. The molecule has 0 bridgehead atoms. The summed E-state index contributed by atoms with van der Waals surface area (Å²) in [4.78, 5) is 0. The SMILES string of the molecule is C=C.C=C/C=C(\C=C/CC)CCCCCCCCCCCCCC.CCCC(C)(C)C. The van der Waals surface area contributed by atoms with Crippen LogP contribution >= 0.6 is 0 Å². The molecule has 0 atom stereocenters. The van der Waals surface area contributed by atoms with Crippen LogP contribution in [0.15, 0.2) is 49.6 Å². The Morgan fingerprint density at radius 3 is 1.45 bits per heavy atom. The van der Waals surface area contributed by atoms with Crippen molar-refractivity contribution in [1.29, 1.82) is 0 Å². The molecule has 0 heteroatoms. The Kier molecular flexibility index (Phi) is 32.3. The Morgan fingerprint density at radius 2 is 1.13 bits per heavy atom. The quantitative estimate of drug-likeness (QED) is 0.122. The summed E-state index contributed by atoms with van der Waals surface area (Å²) < 4.78 is 0. The van der Waals surface area contributed by atoms with Gasteiger partial charge in [0.25, 0.3) is 0 Å². The second kappa shape index (κ2) is 29.0. The molecule has 31 heavy (non-hydrogen) atoms. The summed E-state index contributed by atoms with van der Waals surface area (Å²) in [5.74, 6) is 0. The summed E-state index contributed by atoms with van der Waals surface area (Å²) in [6.45, 7) is 23.3. The molecule has 0 saturated heterocycles. The molecule has 0 unspecified atom stereocenters. The van der Waals surface area contributed by atoms with Gasteiger partial charge in [-0.05, 0) is 36.7 Å². The van der Waals surface area contributed by atoms with E-state index in [4.69, 9.17) is 0 Å². The third kappa shape index (κ3) is 36.7.